The summed E-state index contributed by atoms with van der Waals surface area (Å²) < 4.78 is 46.2. The van der Waals surface area contributed by atoms with Crippen molar-refractivity contribution in [1.82, 2.24) is 0 Å². The lowest BCUT2D eigenvalue weighted by molar-refractivity contribution is -0.148. The summed E-state index contributed by atoms with van der Waals surface area (Å²) in [5, 5.41) is 2.49. The van der Waals surface area contributed by atoms with E-state index < -0.39 is 30.4 Å². The van der Waals surface area contributed by atoms with E-state index in [4.69, 9.17) is 4.74 Å². The number of ether oxygens (including phenoxy) is 2. The number of hydrogen-bond acceptors (Lipinski definition) is 4. The van der Waals surface area contributed by atoms with Gasteiger partial charge in [-0.2, -0.15) is 8.78 Å². The summed E-state index contributed by atoms with van der Waals surface area (Å²) in [5.41, 5.74) is 0.919. The number of hydrogen-bond donors (Lipinski definition) is 1. The van der Waals surface area contributed by atoms with E-state index in [1.807, 2.05) is 0 Å². The van der Waals surface area contributed by atoms with Gasteiger partial charge in [0, 0.05) is 11.8 Å². The van der Waals surface area contributed by atoms with Crippen molar-refractivity contribution in [3.8, 4) is 5.75 Å². The molecule has 0 spiro atoms. The molecule has 8 heteroatoms. The van der Waals surface area contributed by atoms with Gasteiger partial charge >= 0.3 is 12.6 Å². The SMILES string of the molecule is C[C@@H](OC(=O)/C=C/c1ccc(OC(F)F)cc1)C(=O)Nc1ccc(F)cc1. The first-order valence-corrected chi connectivity index (χ1v) is 7.83. The maximum Gasteiger partial charge on any atom is 0.387 e. The molecule has 142 valence electrons. The number of esters is 1. The van der Waals surface area contributed by atoms with E-state index in [1.54, 1.807) is 0 Å². The van der Waals surface area contributed by atoms with Gasteiger partial charge in [0.2, 0.25) is 0 Å². The lowest BCUT2D eigenvalue weighted by Gasteiger charge is -2.12. The van der Waals surface area contributed by atoms with Crippen molar-refractivity contribution in [2.75, 3.05) is 5.32 Å². The van der Waals surface area contributed by atoms with Crippen molar-refractivity contribution >= 4 is 23.6 Å². The molecule has 0 aliphatic heterocycles. The summed E-state index contributed by atoms with van der Waals surface area (Å²) >= 11 is 0. The van der Waals surface area contributed by atoms with Gasteiger partial charge in [0.15, 0.2) is 6.10 Å². The molecule has 1 amide bonds. The molecule has 0 heterocycles. The van der Waals surface area contributed by atoms with Crippen molar-refractivity contribution in [1.29, 1.82) is 0 Å². The van der Waals surface area contributed by atoms with Gasteiger partial charge in [-0.05, 0) is 55.0 Å². The highest BCUT2D eigenvalue weighted by molar-refractivity contribution is 5.96. The van der Waals surface area contributed by atoms with Crippen LogP contribution in [0.1, 0.15) is 12.5 Å². The second-order valence-electron chi connectivity index (χ2n) is 5.36. The van der Waals surface area contributed by atoms with Crippen LogP contribution in [-0.2, 0) is 14.3 Å². The monoisotopic (exact) mass is 379 g/mol. The number of rotatable bonds is 7. The van der Waals surface area contributed by atoms with Gasteiger partial charge in [-0.15, -0.1) is 0 Å². The molecule has 0 unspecified atom stereocenters. The van der Waals surface area contributed by atoms with Crippen LogP contribution in [0.2, 0.25) is 0 Å². The van der Waals surface area contributed by atoms with Crippen LogP contribution in [0.25, 0.3) is 6.08 Å². The average Bonchev–Trinajstić information content (AvgIpc) is 2.62. The zero-order valence-electron chi connectivity index (χ0n) is 14.2. The maximum absolute atomic E-state index is 12.8. The first-order chi connectivity index (χ1) is 12.8. The number of halogens is 3. The van der Waals surface area contributed by atoms with Crippen molar-refractivity contribution in [3.05, 3.63) is 66.0 Å². The van der Waals surface area contributed by atoms with Crippen molar-refractivity contribution in [2.45, 2.75) is 19.6 Å². The Kier molecular flexibility index (Phi) is 6.99. The predicted molar refractivity (Wildman–Crippen MR) is 92.7 cm³/mol. The lowest BCUT2D eigenvalue weighted by atomic mass is 10.2. The van der Waals surface area contributed by atoms with E-state index in [-0.39, 0.29) is 5.75 Å². The predicted octanol–water partition coefficient (Wildman–Crippen LogP) is 4.01. The van der Waals surface area contributed by atoms with Crippen LogP contribution in [0.5, 0.6) is 5.75 Å². The fourth-order valence-electron chi connectivity index (χ4n) is 1.97. The molecule has 5 nitrogen and oxygen atoms in total. The fourth-order valence-corrected chi connectivity index (χ4v) is 1.97. The Bertz CT molecular complexity index is 805. The van der Waals surface area contributed by atoms with Gasteiger partial charge in [0.1, 0.15) is 11.6 Å². The third kappa shape index (κ3) is 6.85. The summed E-state index contributed by atoms with van der Waals surface area (Å²) in [7, 11) is 0. The Balaban J connectivity index is 1.85. The van der Waals surface area contributed by atoms with E-state index >= 15 is 0 Å². The Morgan fingerprint density at radius 2 is 1.67 bits per heavy atom. The summed E-state index contributed by atoms with van der Waals surface area (Å²) in [5.74, 6) is -1.77. The topological polar surface area (TPSA) is 64.6 Å². The summed E-state index contributed by atoms with van der Waals surface area (Å²) in [6.45, 7) is -1.52. The van der Waals surface area contributed by atoms with Gasteiger partial charge in [-0.1, -0.05) is 12.1 Å². The molecule has 1 atom stereocenters. The molecular formula is C19H16F3NO4. The van der Waals surface area contributed by atoms with Gasteiger partial charge < -0.3 is 14.8 Å². The fraction of sp³-hybridized carbons (Fsp3) is 0.158. The highest BCUT2D eigenvalue weighted by Crippen LogP contribution is 2.16. The minimum atomic E-state index is -2.91. The van der Waals surface area contributed by atoms with Crippen molar-refractivity contribution in [3.63, 3.8) is 0 Å². The number of anilines is 1. The Hall–Kier alpha value is -3.29. The Morgan fingerprint density at radius 1 is 1.04 bits per heavy atom. The standard InChI is InChI=1S/C19H16F3NO4/c1-12(18(25)23-15-7-5-14(20)6-8-15)26-17(24)11-4-13-2-9-16(10-3-13)27-19(21)22/h2-12,19H,1H3,(H,23,25)/b11-4+/t12-/m1/s1. The van der Waals surface area contributed by atoms with Gasteiger partial charge in [-0.3, -0.25) is 4.79 Å². The van der Waals surface area contributed by atoms with Crippen LogP contribution in [0.15, 0.2) is 54.6 Å². The first-order valence-electron chi connectivity index (χ1n) is 7.83. The molecule has 2 rings (SSSR count). The molecule has 0 radical (unpaired) electrons. The number of carbonyl (C=O) groups is 2. The zero-order valence-corrected chi connectivity index (χ0v) is 14.2. The van der Waals surface area contributed by atoms with Gasteiger partial charge in [-0.25, -0.2) is 9.18 Å². The number of alkyl halides is 2. The molecule has 0 saturated heterocycles. The molecule has 1 N–H and O–H groups in total. The van der Waals surface area contributed by atoms with Crippen LogP contribution in [0.3, 0.4) is 0 Å². The molecule has 2 aromatic carbocycles. The Morgan fingerprint density at radius 3 is 2.26 bits per heavy atom. The molecular weight excluding hydrogens is 363 g/mol. The van der Waals surface area contributed by atoms with E-state index in [1.165, 1.54) is 61.5 Å². The molecule has 0 aromatic heterocycles. The lowest BCUT2D eigenvalue weighted by Crippen LogP contribution is -2.29. The van der Waals surface area contributed by atoms with Crippen molar-refractivity contribution in [2.24, 2.45) is 0 Å². The maximum atomic E-state index is 12.8. The smallest absolute Gasteiger partial charge is 0.387 e. The molecule has 0 aliphatic carbocycles. The molecule has 27 heavy (non-hydrogen) atoms. The largest absolute Gasteiger partial charge is 0.449 e. The number of benzene rings is 2. The average molecular weight is 379 g/mol. The van der Waals surface area contributed by atoms with Crippen LogP contribution in [0.4, 0.5) is 18.9 Å². The molecule has 0 saturated carbocycles. The number of amides is 1. The highest BCUT2D eigenvalue weighted by Gasteiger charge is 2.16. The van der Waals surface area contributed by atoms with Gasteiger partial charge in [0.05, 0.1) is 0 Å². The second kappa shape index (κ2) is 9.42. The Labute approximate surface area is 153 Å². The quantitative estimate of drug-likeness (QED) is 0.583. The van der Waals surface area contributed by atoms with E-state index in [9.17, 15) is 22.8 Å². The summed E-state index contributed by atoms with van der Waals surface area (Å²) in [6, 6.07) is 10.7. The number of nitrogens with one attached hydrogen (secondary N) is 1. The summed E-state index contributed by atoms with van der Waals surface area (Å²) in [6.07, 6.45) is 1.43. The molecule has 0 bridgehead atoms. The first kappa shape index (κ1) is 20.0. The van der Waals surface area contributed by atoms with Crippen LogP contribution < -0.4 is 10.1 Å². The minimum Gasteiger partial charge on any atom is -0.449 e. The van der Waals surface area contributed by atoms with E-state index in [0.29, 0.717) is 11.3 Å². The normalized spacial score (nSPS) is 12.0. The molecule has 0 aliphatic rings. The zero-order chi connectivity index (χ0) is 19.8. The van der Waals surface area contributed by atoms with Gasteiger partial charge in [0.25, 0.3) is 5.91 Å². The number of carbonyl (C=O) groups excluding carboxylic acids is 2. The van der Waals surface area contributed by atoms with Crippen molar-refractivity contribution < 1.29 is 32.2 Å². The highest BCUT2D eigenvalue weighted by atomic mass is 19.3. The van der Waals surface area contributed by atoms with E-state index in [2.05, 4.69) is 10.1 Å². The van der Waals surface area contributed by atoms with Crippen LogP contribution in [-0.4, -0.2) is 24.6 Å². The summed E-state index contributed by atoms with van der Waals surface area (Å²) in [4.78, 5) is 23.7. The van der Waals surface area contributed by atoms with Crippen LogP contribution >= 0.6 is 0 Å². The molecule has 2 aromatic rings. The third-order valence-electron chi connectivity index (χ3n) is 3.29. The second-order valence-corrected chi connectivity index (χ2v) is 5.36. The van der Waals surface area contributed by atoms with E-state index in [0.717, 1.165) is 6.08 Å². The molecule has 0 fully saturated rings. The van der Waals surface area contributed by atoms with Crippen LogP contribution in [0, 0.1) is 5.82 Å². The minimum absolute atomic E-state index is 0.00388. The third-order valence-corrected chi connectivity index (χ3v) is 3.29.